The third kappa shape index (κ3) is 5.25. The van der Waals surface area contributed by atoms with Gasteiger partial charge in [-0.3, -0.25) is 9.59 Å². The van der Waals surface area contributed by atoms with Crippen LogP contribution in [0.2, 0.25) is 0 Å². The van der Waals surface area contributed by atoms with Crippen molar-refractivity contribution in [1.29, 1.82) is 0 Å². The summed E-state index contributed by atoms with van der Waals surface area (Å²) in [6.45, 7) is 5.91. The molecular formula is C19H28N2O3. The first-order chi connectivity index (χ1) is 11.5. The van der Waals surface area contributed by atoms with Crippen molar-refractivity contribution in [2.24, 2.45) is 11.7 Å². The number of hydrogen-bond donors (Lipinski definition) is 1. The van der Waals surface area contributed by atoms with Gasteiger partial charge in [-0.2, -0.15) is 0 Å². The molecule has 1 atom stereocenters. The lowest BCUT2D eigenvalue weighted by Gasteiger charge is -2.31. The van der Waals surface area contributed by atoms with Crippen LogP contribution >= 0.6 is 0 Å². The first kappa shape index (κ1) is 18.3. The minimum atomic E-state index is -0.297. The van der Waals surface area contributed by atoms with Crippen molar-refractivity contribution in [1.82, 2.24) is 4.90 Å². The van der Waals surface area contributed by atoms with Crippen LogP contribution in [0.25, 0.3) is 0 Å². The number of aryl methyl sites for hydroxylation is 2. The number of likely N-dealkylation sites (tertiary alicyclic amines) is 1. The first-order valence-corrected chi connectivity index (χ1v) is 8.74. The van der Waals surface area contributed by atoms with E-state index in [9.17, 15) is 9.59 Å². The second-order valence-corrected chi connectivity index (χ2v) is 6.66. The summed E-state index contributed by atoms with van der Waals surface area (Å²) < 4.78 is 5.81. The average Bonchev–Trinajstić information content (AvgIpc) is 2.57. The lowest BCUT2D eigenvalue weighted by molar-refractivity contribution is -0.135. The van der Waals surface area contributed by atoms with E-state index in [1.165, 1.54) is 5.56 Å². The van der Waals surface area contributed by atoms with Gasteiger partial charge in [-0.15, -0.1) is 0 Å². The molecule has 0 aliphatic carbocycles. The van der Waals surface area contributed by atoms with Crippen LogP contribution in [-0.4, -0.2) is 36.4 Å². The van der Waals surface area contributed by atoms with Gasteiger partial charge in [0, 0.05) is 19.5 Å². The average molecular weight is 332 g/mol. The van der Waals surface area contributed by atoms with Crippen molar-refractivity contribution < 1.29 is 14.3 Å². The Balaban J connectivity index is 1.67. The highest BCUT2D eigenvalue weighted by atomic mass is 16.5. The van der Waals surface area contributed by atoms with E-state index in [1.807, 2.05) is 19.9 Å². The molecule has 2 rings (SSSR count). The number of hydrogen-bond acceptors (Lipinski definition) is 3. The summed E-state index contributed by atoms with van der Waals surface area (Å²) in [7, 11) is 0. The highest BCUT2D eigenvalue weighted by Crippen LogP contribution is 2.20. The van der Waals surface area contributed by atoms with Crippen LogP contribution in [0.5, 0.6) is 5.75 Å². The molecule has 0 saturated carbocycles. The van der Waals surface area contributed by atoms with Gasteiger partial charge < -0.3 is 15.4 Å². The molecule has 1 fully saturated rings. The van der Waals surface area contributed by atoms with Crippen LogP contribution in [0.15, 0.2) is 18.2 Å². The van der Waals surface area contributed by atoms with E-state index in [2.05, 4.69) is 12.1 Å². The number of benzene rings is 1. The van der Waals surface area contributed by atoms with Gasteiger partial charge >= 0.3 is 0 Å². The first-order valence-electron chi connectivity index (χ1n) is 8.74. The third-order valence-electron chi connectivity index (χ3n) is 4.56. The Morgan fingerprint density at radius 2 is 2.08 bits per heavy atom. The standard InChI is InChI=1S/C19H28N2O3/c1-14-8-9-15(2)17(12-14)24-11-4-3-7-18(22)21-10-5-6-16(13-21)19(20)23/h8-9,12,16H,3-7,10-11,13H2,1-2H3,(H2,20,23). The summed E-state index contributed by atoms with van der Waals surface area (Å²) in [5, 5.41) is 0. The molecule has 1 aromatic rings. The summed E-state index contributed by atoms with van der Waals surface area (Å²) >= 11 is 0. The van der Waals surface area contributed by atoms with Crippen molar-refractivity contribution in [2.45, 2.75) is 46.0 Å². The van der Waals surface area contributed by atoms with Crippen LogP contribution in [0.1, 0.15) is 43.2 Å². The number of nitrogens with zero attached hydrogens (tertiary/aromatic N) is 1. The van der Waals surface area contributed by atoms with E-state index in [0.717, 1.165) is 43.5 Å². The number of amides is 2. The van der Waals surface area contributed by atoms with Crippen molar-refractivity contribution in [3.8, 4) is 5.75 Å². The van der Waals surface area contributed by atoms with Crippen LogP contribution in [0, 0.1) is 19.8 Å². The van der Waals surface area contributed by atoms with Crippen molar-refractivity contribution >= 4 is 11.8 Å². The number of carbonyl (C=O) groups is 2. The lowest BCUT2D eigenvalue weighted by Crippen LogP contribution is -2.44. The van der Waals surface area contributed by atoms with Crippen LogP contribution in [0.4, 0.5) is 0 Å². The minimum absolute atomic E-state index is 0.118. The van der Waals surface area contributed by atoms with E-state index < -0.39 is 0 Å². The van der Waals surface area contributed by atoms with Crippen LogP contribution in [0.3, 0.4) is 0 Å². The number of carbonyl (C=O) groups excluding carboxylic acids is 2. The van der Waals surface area contributed by atoms with Gasteiger partial charge in [0.15, 0.2) is 0 Å². The predicted octanol–water partition coefficient (Wildman–Crippen LogP) is 2.58. The molecule has 0 aromatic heterocycles. The molecule has 1 aromatic carbocycles. The van der Waals surface area contributed by atoms with Gasteiger partial charge in [-0.05, 0) is 56.7 Å². The van der Waals surface area contributed by atoms with E-state index in [1.54, 1.807) is 4.90 Å². The van der Waals surface area contributed by atoms with Gasteiger partial charge in [0.1, 0.15) is 5.75 Å². The fourth-order valence-corrected chi connectivity index (χ4v) is 3.02. The normalized spacial score (nSPS) is 17.6. The smallest absolute Gasteiger partial charge is 0.222 e. The quantitative estimate of drug-likeness (QED) is 0.780. The Bertz CT molecular complexity index is 586. The van der Waals surface area contributed by atoms with E-state index >= 15 is 0 Å². The second-order valence-electron chi connectivity index (χ2n) is 6.66. The molecule has 5 nitrogen and oxygen atoms in total. The molecule has 132 valence electrons. The Hall–Kier alpha value is -2.04. The zero-order valence-electron chi connectivity index (χ0n) is 14.7. The Kier molecular flexibility index (Phi) is 6.64. The summed E-state index contributed by atoms with van der Waals surface area (Å²) in [6.07, 6.45) is 3.78. The molecule has 2 amide bonds. The van der Waals surface area contributed by atoms with Gasteiger partial charge in [0.2, 0.25) is 11.8 Å². The predicted molar refractivity (Wildman–Crippen MR) is 93.8 cm³/mol. The second kappa shape index (κ2) is 8.71. The molecule has 0 bridgehead atoms. The fourth-order valence-electron chi connectivity index (χ4n) is 3.02. The lowest BCUT2D eigenvalue weighted by atomic mass is 9.97. The molecule has 0 spiro atoms. The monoisotopic (exact) mass is 332 g/mol. The van der Waals surface area contributed by atoms with E-state index in [4.69, 9.17) is 10.5 Å². The third-order valence-corrected chi connectivity index (χ3v) is 4.56. The van der Waals surface area contributed by atoms with E-state index in [-0.39, 0.29) is 17.7 Å². The molecule has 5 heteroatoms. The molecule has 1 aliphatic rings. The highest BCUT2D eigenvalue weighted by molar-refractivity contribution is 5.80. The number of rotatable bonds is 7. The number of primary amides is 1. The molecule has 1 unspecified atom stereocenters. The van der Waals surface area contributed by atoms with E-state index in [0.29, 0.717) is 19.6 Å². The Morgan fingerprint density at radius 1 is 1.29 bits per heavy atom. The minimum Gasteiger partial charge on any atom is -0.493 e. The zero-order chi connectivity index (χ0) is 17.5. The number of ether oxygens (including phenoxy) is 1. The van der Waals surface area contributed by atoms with Crippen molar-refractivity contribution in [3.63, 3.8) is 0 Å². The van der Waals surface area contributed by atoms with Crippen LogP contribution < -0.4 is 10.5 Å². The maximum absolute atomic E-state index is 12.2. The van der Waals surface area contributed by atoms with Gasteiger partial charge in [-0.1, -0.05) is 12.1 Å². The number of nitrogens with two attached hydrogens (primary N) is 1. The molecule has 1 heterocycles. The van der Waals surface area contributed by atoms with Crippen LogP contribution in [-0.2, 0) is 9.59 Å². The summed E-state index contributed by atoms with van der Waals surface area (Å²) in [5.74, 6) is 0.555. The van der Waals surface area contributed by atoms with Gasteiger partial charge in [0.25, 0.3) is 0 Å². The molecule has 1 aliphatic heterocycles. The highest BCUT2D eigenvalue weighted by Gasteiger charge is 2.26. The Morgan fingerprint density at radius 3 is 2.83 bits per heavy atom. The molecule has 1 saturated heterocycles. The molecule has 24 heavy (non-hydrogen) atoms. The van der Waals surface area contributed by atoms with Crippen molar-refractivity contribution in [2.75, 3.05) is 19.7 Å². The Labute approximate surface area is 144 Å². The summed E-state index contributed by atoms with van der Waals surface area (Å²) in [5.41, 5.74) is 7.66. The fraction of sp³-hybridized carbons (Fsp3) is 0.579. The topological polar surface area (TPSA) is 72.6 Å². The van der Waals surface area contributed by atoms with Crippen molar-refractivity contribution in [3.05, 3.63) is 29.3 Å². The maximum Gasteiger partial charge on any atom is 0.222 e. The zero-order valence-corrected chi connectivity index (χ0v) is 14.7. The summed E-state index contributed by atoms with van der Waals surface area (Å²) in [4.78, 5) is 25.3. The van der Waals surface area contributed by atoms with Gasteiger partial charge in [0.05, 0.1) is 12.5 Å². The molecule has 0 radical (unpaired) electrons. The SMILES string of the molecule is Cc1ccc(C)c(OCCCCC(=O)N2CCCC(C(N)=O)C2)c1. The molecule has 2 N–H and O–H groups in total. The van der Waals surface area contributed by atoms with Gasteiger partial charge in [-0.25, -0.2) is 0 Å². The molecular weight excluding hydrogens is 304 g/mol. The largest absolute Gasteiger partial charge is 0.493 e. The summed E-state index contributed by atoms with van der Waals surface area (Å²) in [6, 6.07) is 6.16. The number of piperidine rings is 1. The maximum atomic E-state index is 12.2. The number of unbranched alkanes of at least 4 members (excludes halogenated alkanes) is 1.